The maximum atomic E-state index is 11.8. The molecule has 6 rings (SSSR count). The second-order valence-electron chi connectivity index (χ2n) is 9.48. The summed E-state index contributed by atoms with van der Waals surface area (Å²) in [5.74, 6) is 0.0461. The minimum Gasteiger partial charge on any atom is -0.374 e. The van der Waals surface area contributed by atoms with Crippen LogP contribution in [0.5, 0.6) is 0 Å². The molecule has 6 aromatic rings. The topological polar surface area (TPSA) is 132 Å². The molecular formula is C29H27N7O2S. The summed E-state index contributed by atoms with van der Waals surface area (Å²) in [6.07, 6.45) is 9.01. The van der Waals surface area contributed by atoms with Gasteiger partial charge in [0.05, 0.1) is 50.4 Å². The van der Waals surface area contributed by atoms with E-state index in [0.29, 0.717) is 11.3 Å². The molecule has 0 fully saturated rings. The van der Waals surface area contributed by atoms with Crippen molar-refractivity contribution in [2.24, 2.45) is 0 Å². The summed E-state index contributed by atoms with van der Waals surface area (Å²) < 4.78 is 0. The van der Waals surface area contributed by atoms with Gasteiger partial charge in [-0.2, -0.15) is 5.10 Å². The van der Waals surface area contributed by atoms with Gasteiger partial charge in [0.2, 0.25) is 0 Å². The molecule has 196 valence electrons. The highest BCUT2D eigenvalue weighted by Crippen LogP contribution is 2.36. The number of nitrogens with one attached hydrogen (secondary N) is 3. The molecule has 0 aromatic carbocycles. The molecule has 4 N–H and O–H groups in total. The van der Waals surface area contributed by atoms with E-state index in [0.717, 1.165) is 73.6 Å². The largest absolute Gasteiger partial charge is 0.374 e. The van der Waals surface area contributed by atoms with E-state index in [1.165, 1.54) is 11.3 Å². The molecule has 6 heterocycles. The summed E-state index contributed by atoms with van der Waals surface area (Å²) in [6.45, 7) is 3.67. The van der Waals surface area contributed by atoms with Crippen LogP contribution in [0.2, 0.25) is 0 Å². The fourth-order valence-electron chi connectivity index (χ4n) is 4.63. The number of H-pyrrole nitrogens is 2. The number of carbonyl (C=O) groups excluding carboxylic acids is 1. The molecule has 0 aliphatic carbocycles. The molecule has 0 bridgehead atoms. The lowest BCUT2D eigenvalue weighted by molar-refractivity contribution is 0.102. The van der Waals surface area contributed by atoms with Crippen LogP contribution in [-0.4, -0.2) is 47.3 Å². The summed E-state index contributed by atoms with van der Waals surface area (Å²) in [5.41, 5.74) is 6.50. The predicted molar refractivity (Wildman–Crippen MR) is 155 cm³/mol. The molecule has 0 amide bonds. The second-order valence-corrected chi connectivity index (χ2v) is 10.6. The SMILES string of the molecule is CCCCC(O)Nc1cncc(-c2cc3c(-c4cc5c(-c6ccc(C(C)=O)s6)nccc5[nH]4)n[nH]c3cn2)c1. The summed E-state index contributed by atoms with van der Waals surface area (Å²) in [5, 5.41) is 22.9. The van der Waals surface area contributed by atoms with E-state index in [-0.39, 0.29) is 5.78 Å². The smallest absolute Gasteiger partial charge is 0.169 e. The van der Waals surface area contributed by atoms with Gasteiger partial charge in [0.15, 0.2) is 5.78 Å². The Labute approximate surface area is 228 Å². The lowest BCUT2D eigenvalue weighted by Gasteiger charge is -2.14. The van der Waals surface area contributed by atoms with Crippen LogP contribution in [0.25, 0.3) is 55.0 Å². The Morgan fingerprint density at radius 3 is 2.74 bits per heavy atom. The van der Waals surface area contributed by atoms with E-state index in [9.17, 15) is 9.90 Å². The zero-order chi connectivity index (χ0) is 26.9. The fraction of sp³-hybridized carbons (Fsp3) is 0.207. The number of unbranched alkanes of at least 4 members (excludes halogenated alkanes) is 1. The van der Waals surface area contributed by atoms with Gasteiger partial charge in [-0.3, -0.25) is 24.8 Å². The van der Waals surface area contributed by atoms with Crippen LogP contribution in [0.1, 0.15) is 42.8 Å². The van der Waals surface area contributed by atoms with E-state index in [1.807, 2.05) is 36.4 Å². The van der Waals surface area contributed by atoms with E-state index < -0.39 is 6.23 Å². The van der Waals surface area contributed by atoms with Crippen LogP contribution in [-0.2, 0) is 0 Å². The van der Waals surface area contributed by atoms with E-state index in [4.69, 9.17) is 0 Å². The number of Topliss-reactive ketones (excluding diaryl/α,β-unsaturated/α-hetero) is 1. The van der Waals surface area contributed by atoms with Gasteiger partial charge in [-0.05, 0) is 56.2 Å². The first-order chi connectivity index (χ1) is 19.0. The molecule has 39 heavy (non-hydrogen) atoms. The minimum atomic E-state index is -0.623. The van der Waals surface area contributed by atoms with Crippen LogP contribution in [0.15, 0.2) is 61.2 Å². The Morgan fingerprint density at radius 2 is 1.92 bits per heavy atom. The van der Waals surface area contributed by atoms with Crippen LogP contribution in [0.3, 0.4) is 0 Å². The van der Waals surface area contributed by atoms with Gasteiger partial charge in [0, 0.05) is 34.2 Å². The van der Waals surface area contributed by atoms with Crippen LogP contribution >= 0.6 is 11.3 Å². The quantitative estimate of drug-likeness (QED) is 0.124. The number of aromatic amines is 2. The lowest BCUT2D eigenvalue weighted by atomic mass is 10.1. The van der Waals surface area contributed by atoms with Gasteiger partial charge >= 0.3 is 0 Å². The van der Waals surface area contributed by atoms with Gasteiger partial charge in [-0.15, -0.1) is 11.3 Å². The first kappa shape index (κ1) is 24.9. The number of hydrogen-bond donors (Lipinski definition) is 4. The van der Waals surface area contributed by atoms with Gasteiger partial charge in [0.25, 0.3) is 0 Å². The monoisotopic (exact) mass is 537 g/mol. The molecule has 0 aliphatic rings. The standard InChI is InChI=1S/C29H27N7O2S/c1-3-4-5-27(38)33-18-10-17(13-30-14-18)22-11-20-24(15-32-22)35-36-28(20)23-12-19-21(34-23)8-9-31-29(19)26-7-6-25(39-26)16(2)37/h6-15,27,33-34,38H,3-5H2,1-2H3,(H,35,36). The summed E-state index contributed by atoms with van der Waals surface area (Å²) >= 11 is 1.44. The molecule has 1 unspecified atom stereocenters. The Hall–Kier alpha value is -4.41. The van der Waals surface area contributed by atoms with Crippen molar-refractivity contribution in [3.8, 4) is 33.2 Å². The van der Waals surface area contributed by atoms with Gasteiger partial charge < -0.3 is 15.4 Å². The molecule has 10 heteroatoms. The highest BCUT2D eigenvalue weighted by Gasteiger charge is 2.17. The molecule has 0 radical (unpaired) electrons. The fourth-order valence-corrected chi connectivity index (χ4v) is 5.55. The van der Waals surface area contributed by atoms with E-state index in [1.54, 1.807) is 31.7 Å². The molecule has 0 spiro atoms. The van der Waals surface area contributed by atoms with Crippen molar-refractivity contribution in [1.29, 1.82) is 0 Å². The van der Waals surface area contributed by atoms with Gasteiger partial charge in [-0.25, -0.2) is 0 Å². The van der Waals surface area contributed by atoms with Crippen LogP contribution < -0.4 is 5.32 Å². The van der Waals surface area contributed by atoms with Crippen LogP contribution in [0, 0.1) is 0 Å². The molecule has 0 saturated heterocycles. The number of thiophene rings is 1. The third-order valence-corrected chi connectivity index (χ3v) is 7.83. The summed E-state index contributed by atoms with van der Waals surface area (Å²) in [6, 6.07) is 11.7. The number of nitrogens with zero attached hydrogens (tertiary/aromatic N) is 4. The molecule has 9 nitrogen and oxygen atoms in total. The average Bonchev–Trinajstić information content (AvgIpc) is 3.69. The molecule has 1 atom stereocenters. The van der Waals surface area contributed by atoms with Crippen molar-refractivity contribution in [2.75, 3.05) is 5.32 Å². The van der Waals surface area contributed by atoms with Crippen molar-refractivity contribution in [3.63, 3.8) is 0 Å². The Balaban J connectivity index is 1.36. The van der Waals surface area contributed by atoms with Crippen molar-refractivity contribution in [1.82, 2.24) is 30.1 Å². The lowest BCUT2D eigenvalue weighted by Crippen LogP contribution is -2.18. The van der Waals surface area contributed by atoms with Crippen molar-refractivity contribution in [3.05, 3.63) is 66.1 Å². The number of carbonyl (C=O) groups is 1. The number of ketones is 1. The van der Waals surface area contributed by atoms with Crippen LogP contribution in [0.4, 0.5) is 5.69 Å². The normalized spacial score (nSPS) is 12.3. The third kappa shape index (κ3) is 4.91. The third-order valence-electron chi connectivity index (χ3n) is 6.64. The zero-order valence-corrected chi connectivity index (χ0v) is 22.3. The first-order valence-corrected chi connectivity index (χ1v) is 13.6. The Bertz CT molecular complexity index is 1800. The zero-order valence-electron chi connectivity index (χ0n) is 21.5. The molecule has 0 saturated carbocycles. The average molecular weight is 538 g/mol. The number of rotatable bonds is 9. The van der Waals surface area contributed by atoms with E-state index in [2.05, 4.69) is 42.4 Å². The predicted octanol–water partition coefficient (Wildman–Crippen LogP) is 6.41. The highest BCUT2D eigenvalue weighted by molar-refractivity contribution is 7.17. The summed E-state index contributed by atoms with van der Waals surface area (Å²) in [7, 11) is 0. The maximum absolute atomic E-state index is 11.8. The first-order valence-electron chi connectivity index (χ1n) is 12.8. The van der Waals surface area contributed by atoms with Gasteiger partial charge in [0.1, 0.15) is 11.9 Å². The Kier molecular flexibility index (Phi) is 6.64. The highest BCUT2D eigenvalue weighted by atomic mass is 32.1. The second kappa shape index (κ2) is 10.4. The van der Waals surface area contributed by atoms with Gasteiger partial charge in [-0.1, -0.05) is 13.3 Å². The number of pyridine rings is 3. The number of anilines is 1. The minimum absolute atomic E-state index is 0.0461. The van der Waals surface area contributed by atoms with Crippen molar-refractivity contribution >= 4 is 44.6 Å². The number of hydrogen-bond acceptors (Lipinski definition) is 8. The molecule has 6 aromatic heterocycles. The molecule has 0 aliphatic heterocycles. The maximum Gasteiger partial charge on any atom is 0.169 e. The number of aromatic nitrogens is 6. The molecular weight excluding hydrogens is 510 g/mol. The Morgan fingerprint density at radius 1 is 1.05 bits per heavy atom. The summed E-state index contributed by atoms with van der Waals surface area (Å²) in [4.78, 5) is 30.5. The number of aliphatic hydroxyl groups is 1. The number of fused-ring (bicyclic) bond motifs is 2. The number of aliphatic hydroxyl groups excluding tert-OH is 1. The van der Waals surface area contributed by atoms with Crippen molar-refractivity contribution in [2.45, 2.75) is 39.3 Å². The van der Waals surface area contributed by atoms with E-state index >= 15 is 0 Å². The van der Waals surface area contributed by atoms with Crippen molar-refractivity contribution < 1.29 is 9.90 Å².